The van der Waals surface area contributed by atoms with Crippen LogP contribution in [0.2, 0.25) is 0 Å². The predicted octanol–water partition coefficient (Wildman–Crippen LogP) is 1.80. The van der Waals surface area contributed by atoms with Crippen molar-refractivity contribution in [3.05, 3.63) is 34.3 Å². The average Bonchev–Trinajstić information content (AvgIpc) is 2.86. The lowest BCUT2D eigenvalue weighted by Gasteiger charge is -2.10. The fraction of sp³-hybridized carbons (Fsp3) is 0.400. The summed E-state index contributed by atoms with van der Waals surface area (Å²) < 4.78 is 1.76. The maximum absolute atomic E-state index is 12.1. The lowest BCUT2D eigenvalue weighted by molar-refractivity contribution is -0.124. The van der Waals surface area contributed by atoms with Crippen LogP contribution in [0.4, 0.5) is 0 Å². The average molecular weight is 288 g/mol. The monoisotopic (exact) mass is 288 g/mol. The molecule has 21 heavy (non-hydrogen) atoms. The molecule has 0 unspecified atom stereocenters. The van der Waals surface area contributed by atoms with E-state index < -0.39 is 0 Å². The minimum atomic E-state index is -0.229. The highest BCUT2D eigenvalue weighted by atomic mass is 16.2. The normalized spacial score (nSPS) is 11.7. The number of likely N-dealkylation sites (N-methyl/N-ethyl adjacent to an activating group) is 1. The molecule has 0 aliphatic rings. The molecule has 0 radical (unpaired) electrons. The molecule has 0 aliphatic carbocycles. The van der Waals surface area contributed by atoms with Crippen LogP contribution < -0.4 is 5.56 Å². The van der Waals surface area contributed by atoms with E-state index in [4.69, 9.17) is 0 Å². The van der Waals surface area contributed by atoms with Gasteiger partial charge in [0.2, 0.25) is 5.91 Å². The van der Waals surface area contributed by atoms with Gasteiger partial charge in [0.25, 0.3) is 5.56 Å². The number of aromatic nitrogens is 3. The molecular weight excluding hydrogens is 268 g/mol. The molecule has 0 saturated heterocycles. The molecule has 1 amide bonds. The van der Waals surface area contributed by atoms with E-state index in [-0.39, 0.29) is 17.5 Å². The van der Waals surface area contributed by atoms with E-state index in [2.05, 4.69) is 10.1 Å². The Morgan fingerprint density at radius 1 is 1.52 bits per heavy atom. The van der Waals surface area contributed by atoms with E-state index in [0.29, 0.717) is 17.8 Å². The van der Waals surface area contributed by atoms with Crippen LogP contribution in [0.1, 0.15) is 32.4 Å². The number of hydrogen-bond acceptors (Lipinski definition) is 3. The summed E-state index contributed by atoms with van der Waals surface area (Å²) in [5.41, 5.74) is 0.918. The summed E-state index contributed by atoms with van der Waals surface area (Å²) in [6, 6.07) is 1.91. The molecule has 0 spiro atoms. The fourth-order valence-corrected chi connectivity index (χ4v) is 1.98. The Bertz CT molecular complexity index is 740. The van der Waals surface area contributed by atoms with Crippen molar-refractivity contribution in [1.82, 2.24) is 19.7 Å². The summed E-state index contributed by atoms with van der Waals surface area (Å²) in [5.74, 6) is -0.130. The number of carbonyl (C=O) groups excluding carboxylic acids is 1. The third-order valence-corrected chi connectivity index (χ3v) is 3.37. The van der Waals surface area contributed by atoms with E-state index in [9.17, 15) is 9.59 Å². The van der Waals surface area contributed by atoms with Gasteiger partial charge in [-0.15, -0.1) is 0 Å². The van der Waals surface area contributed by atoms with Gasteiger partial charge in [0.15, 0.2) is 0 Å². The van der Waals surface area contributed by atoms with E-state index in [1.54, 1.807) is 35.0 Å². The lowest BCUT2D eigenvalue weighted by atomic mass is 10.2. The molecule has 0 saturated carbocycles. The van der Waals surface area contributed by atoms with Crippen LogP contribution in [0.5, 0.6) is 0 Å². The second-order valence-electron chi connectivity index (χ2n) is 5.23. The Morgan fingerprint density at radius 2 is 2.24 bits per heavy atom. The summed E-state index contributed by atoms with van der Waals surface area (Å²) in [7, 11) is 1.72. The number of amides is 1. The zero-order valence-electron chi connectivity index (χ0n) is 12.8. The van der Waals surface area contributed by atoms with Crippen LogP contribution in [0.25, 0.3) is 17.1 Å². The topological polar surface area (TPSA) is 71.0 Å². The Kier molecular flexibility index (Phi) is 4.26. The Balaban J connectivity index is 2.39. The van der Waals surface area contributed by atoms with Gasteiger partial charge in [0.1, 0.15) is 5.65 Å². The standard InChI is InChI=1S/C15H20N4O2/c1-5-18(4)13(20)7-6-11-8-12-9-16-19(10(2)3)14(12)17-15(11)21/h6-10H,5H2,1-4H3,(H,17,21). The molecule has 2 rings (SSSR count). The first kappa shape index (κ1) is 15.0. The largest absolute Gasteiger partial charge is 0.343 e. The maximum Gasteiger partial charge on any atom is 0.256 e. The van der Waals surface area contributed by atoms with Crippen LogP contribution in [0, 0.1) is 0 Å². The number of aromatic amines is 1. The van der Waals surface area contributed by atoms with Gasteiger partial charge in [-0.2, -0.15) is 5.10 Å². The number of rotatable bonds is 4. The number of H-pyrrole nitrogens is 1. The molecule has 6 nitrogen and oxygen atoms in total. The van der Waals surface area contributed by atoms with Gasteiger partial charge in [-0.1, -0.05) is 0 Å². The predicted molar refractivity (Wildman–Crippen MR) is 83.1 cm³/mol. The Morgan fingerprint density at radius 3 is 2.86 bits per heavy atom. The van der Waals surface area contributed by atoms with Gasteiger partial charge >= 0.3 is 0 Å². The zero-order chi connectivity index (χ0) is 15.6. The number of hydrogen-bond donors (Lipinski definition) is 1. The molecule has 0 aromatic carbocycles. The minimum absolute atomic E-state index is 0.130. The number of fused-ring (bicyclic) bond motifs is 1. The second kappa shape index (κ2) is 5.95. The van der Waals surface area contributed by atoms with Crippen LogP contribution in [0.15, 0.2) is 23.1 Å². The minimum Gasteiger partial charge on any atom is -0.343 e. The van der Waals surface area contributed by atoms with Crippen molar-refractivity contribution in [1.29, 1.82) is 0 Å². The molecule has 1 N–H and O–H groups in total. The second-order valence-corrected chi connectivity index (χ2v) is 5.23. The van der Waals surface area contributed by atoms with Crippen molar-refractivity contribution in [3.8, 4) is 0 Å². The van der Waals surface area contributed by atoms with Crippen LogP contribution in [-0.4, -0.2) is 39.2 Å². The van der Waals surface area contributed by atoms with E-state index in [1.165, 1.54) is 6.08 Å². The van der Waals surface area contributed by atoms with Crippen LogP contribution in [-0.2, 0) is 4.79 Å². The van der Waals surface area contributed by atoms with Crippen molar-refractivity contribution in [3.63, 3.8) is 0 Å². The molecule has 2 heterocycles. The summed E-state index contributed by atoms with van der Waals surface area (Å²) in [6.45, 7) is 6.51. The van der Waals surface area contributed by atoms with Gasteiger partial charge in [0, 0.05) is 36.7 Å². The van der Waals surface area contributed by atoms with Gasteiger partial charge < -0.3 is 9.88 Å². The Hall–Kier alpha value is -2.37. The number of carbonyl (C=O) groups is 1. The first-order chi connectivity index (χ1) is 9.93. The highest BCUT2D eigenvalue weighted by molar-refractivity contribution is 5.92. The Labute approximate surface area is 123 Å². The van der Waals surface area contributed by atoms with Crippen molar-refractivity contribution in [2.24, 2.45) is 0 Å². The molecule has 0 bridgehead atoms. The molecule has 6 heteroatoms. The van der Waals surface area contributed by atoms with Gasteiger partial charge in [0.05, 0.1) is 6.20 Å². The fourth-order valence-electron chi connectivity index (χ4n) is 1.98. The van der Waals surface area contributed by atoms with E-state index in [1.807, 2.05) is 20.8 Å². The highest BCUT2D eigenvalue weighted by Gasteiger charge is 2.09. The molecule has 2 aromatic heterocycles. The van der Waals surface area contributed by atoms with Gasteiger partial charge in [-0.3, -0.25) is 9.59 Å². The van der Waals surface area contributed by atoms with Crippen molar-refractivity contribution in [2.45, 2.75) is 26.8 Å². The summed E-state index contributed by atoms with van der Waals surface area (Å²) >= 11 is 0. The van der Waals surface area contributed by atoms with Crippen molar-refractivity contribution >= 4 is 23.0 Å². The van der Waals surface area contributed by atoms with Gasteiger partial charge in [-0.25, -0.2) is 4.68 Å². The summed E-state index contributed by atoms with van der Waals surface area (Å²) in [4.78, 5) is 28.2. The first-order valence-corrected chi connectivity index (χ1v) is 6.97. The molecule has 0 aliphatic heterocycles. The third kappa shape index (κ3) is 3.04. The van der Waals surface area contributed by atoms with Gasteiger partial charge in [-0.05, 0) is 32.9 Å². The smallest absolute Gasteiger partial charge is 0.256 e. The third-order valence-electron chi connectivity index (χ3n) is 3.37. The lowest BCUT2D eigenvalue weighted by Crippen LogP contribution is -2.24. The molecule has 0 atom stereocenters. The molecule has 112 valence electrons. The van der Waals surface area contributed by atoms with Crippen LogP contribution in [0.3, 0.4) is 0 Å². The number of nitrogens with zero attached hydrogens (tertiary/aromatic N) is 3. The zero-order valence-corrected chi connectivity index (χ0v) is 12.8. The highest BCUT2D eigenvalue weighted by Crippen LogP contribution is 2.15. The van der Waals surface area contributed by atoms with Crippen LogP contribution >= 0.6 is 0 Å². The summed E-state index contributed by atoms with van der Waals surface area (Å²) in [5, 5.41) is 5.11. The number of pyridine rings is 1. The van der Waals surface area contributed by atoms with E-state index in [0.717, 1.165) is 5.39 Å². The molecule has 0 fully saturated rings. The van der Waals surface area contributed by atoms with Crippen molar-refractivity contribution in [2.75, 3.05) is 13.6 Å². The first-order valence-electron chi connectivity index (χ1n) is 6.97. The quantitative estimate of drug-likeness (QED) is 0.872. The number of nitrogens with one attached hydrogen (secondary N) is 1. The molecular formula is C15H20N4O2. The summed E-state index contributed by atoms with van der Waals surface area (Å²) in [6.07, 6.45) is 4.66. The van der Waals surface area contributed by atoms with E-state index >= 15 is 0 Å². The SMILES string of the molecule is CCN(C)C(=O)C=Cc1cc2cnn(C(C)C)c2[nH]c1=O. The van der Waals surface area contributed by atoms with Crippen molar-refractivity contribution < 1.29 is 4.79 Å². The molecule has 2 aromatic rings. The maximum atomic E-state index is 12.1.